The highest BCUT2D eigenvalue weighted by Crippen LogP contribution is 1.98. The van der Waals surface area contributed by atoms with Crippen molar-refractivity contribution in [3.8, 4) is 0 Å². The molecule has 0 aliphatic carbocycles. The molecule has 0 atom stereocenters. The molecule has 0 saturated carbocycles. The molecule has 22 heavy (non-hydrogen) atoms. The molecule has 0 amide bonds. The molecular formula is C14H32I2N2O4+2. The number of ether oxygens (including phenoxy) is 2. The third kappa shape index (κ3) is 20.3. The van der Waals surface area contributed by atoms with Gasteiger partial charge in [0.1, 0.15) is 26.3 Å². The summed E-state index contributed by atoms with van der Waals surface area (Å²) in [5, 5.41) is 0. The van der Waals surface area contributed by atoms with Gasteiger partial charge in [-0.15, -0.1) is 48.0 Å². The zero-order valence-corrected chi connectivity index (χ0v) is 19.2. The Hall–Kier alpha value is 0.320. The standard InChI is InChI=1S/C14H30N2O4.2HI/c1-15(2,3)9-11-19-13(17)7-8-14(18)20-12-10-16(4,5)6;;/h7-12H2,1-6H3;2*1H/q+2;;. The number of carbonyl (C=O) groups excluding carboxylic acids is 2. The van der Waals surface area contributed by atoms with E-state index in [0.29, 0.717) is 13.2 Å². The Morgan fingerprint density at radius 1 is 0.682 bits per heavy atom. The molecule has 0 spiro atoms. The Labute approximate surface area is 168 Å². The molecule has 0 rings (SSSR count). The van der Waals surface area contributed by atoms with Gasteiger partial charge in [0, 0.05) is 0 Å². The fourth-order valence-corrected chi connectivity index (χ4v) is 1.22. The first-order chi connectivity index (χ1) is 8.99. The van der Waals surface area contributed by atoms with Crippen molar-refractivity contribution in [1.29, 1.82) is 0 Å². The van der Waals surface area contributed by atoms with Gasteiger partial charge in [-0.3, -0.25) is 9.59 Å². The number of likely N-dealkylation sites (N-methyl/N-ethyl adjacent to an activating group) is 2. The number of esters is 2. The third-order valence-corrected chi connectivity index (χ3v) is 2.58. The van der Waals surface area contributed by atoms with Crippen LogP contribution >= 0.6 is 48.0 Å². The number of halogens is 2. The number of nitrogens with zero attached hydrogens (tertiary/aromatic N) is 2. The van der Waals surface area contributed by atoms with Crippen molar-refractivity contribution in [2.75, 3.05) is 68.6 Å². The van der Waals surface area contributed by atoms with Gasteiger partial charge in [0.2, 0.25) is 0 Å². The molecule has 0 N–H and O–H groups in total. The van der Waals surface area contributed by atoms with E-state index in [2.05, 4.69) is 0 Å². The highest BCUT2D eigenvalue weighted by Gasteiger charge is 2.13. The van der Waals surface area contributed by atoms with Crippen molar-refractivity contribution in [2.45, 2.75) is 12.8 Å². The van der Waals surface area contributed by atoms with Crippen molar-refractivity contribution < 1.29 is 28.0 Å². The maximum atomic E-state index is 11.4. The maximum Gasteiger partial charge on any atom is 0.306 e. The molecule has 6 nitrogen and oxygen atoms in total. The smallest absolute Gasteiger partial charge is 0.306 e. The largest absolute Gasteiger partial charge is 0.460 e. The van der Waals surface area contributed by atoms with Crippen molar-refractivity contribution in [3.63, 3.8) is 0 Å². The van der Waals surface area contributed by atoms with Gasteiger partial charge in [0.25, 0.3) is 0 Å². The van der Waals surface area contributed by atoms with E-state index in [1.54, 1.807) is 0 Å². The van der Waals surface area contributed by atoms with Crippen LogP contribution < -0.4 is 0 Å². The van der Waals surface area contributed by atoms with Gasteiger partial charge in [-0.05, 0) is 0 Å². The van der Waals surface area contributed by atoms with Gasteiger partial charge in [-0.2, -0.15) is 0 Å². The van der Waals surface area contributed by atoms with E-state index in [9.17, 15) is 9.59 Å². The molecule has 8 heteroatoms. The number of carbonyl (C=O) groups is 2. The quantitative estimate of drug-likeness (QED) is 0.250. The Kier molecular flexibility index (Phi) is 15.7. The molecule has 0 aliphatic rings. The van der Waals surface area contributed by atoms with E-state index in [1.807, 2.05) is 42.3 Å². The van der Waals surface area contributed by atoms with Crippen LogP contribution in [-0.4, -0.2) is 89.5 Å². The van der Waals surface area contributed by atoms with Crippen molar-refractivity contribution in [1.82, 2.24) is 0 Å². The van der Waals surface area contributed by atoms with E-state index < -0.39 is 0 Å². The van der Waals surface area contributed by atoms with Crippen LogP contribution in [0.25, 0.3) is 0 Å². The van der Waals surface area contributed by atoms with Gasteiger partial charge in [0.05, 0.1) is 55.1 Å². The highest BCUT2D eigenvalue weighted by atomic mass is 127. The normalized spacial score (nSPS) is 11.0. The van der Waals surface area contributed by atoms with Crippen molar-refractivity contribution in [2.24, 2.45) is 0 Å². The average Bonchev–Trinajstić information content (AvgIpc) is 2.22. The summed E-state index contributed by atoms with van der Waals surface area (Å²) in [6.07, 6.45) is 0.167. The minimum absolute atomic E-state index is 0. The Morgan fingerprint density at radius 3 is 1.18 bits per heavy atom. The van der Waals surface area contributed by atoms with Gasteiger partial charge in [-0.1, -0.05) is 0 Å². The molecule has 0 aromatic heterocycles. The summed E-state index contributed by atoms with van der Waals surface area (Å²) in [6.45, 7) is 2.25. The first-order valence-corrected chi connectivity index (χ1v) is 6.92. The van der Waals surface area contributed by atoms with Crippen LogP contribution in [0.5, 0.6) is 0 Å². The van der Waals surface area contributed by atoms with Gasteiger partial charge in [-0.25, -0.2) is 0 Å². The fourth-order valence-electron chi connectivity index (χ4n) is 1.22. The van der Waals surface area contributed by atoms with Gasteiger partial charge >= 0.3 is 11.9 Å². The topological polar surface area (TPSA) is 52.6 Å². The summed E-state index contributed by atoms with van der Waals surface area (Å²) in [6, 6.07) is 0. The van der Waals surface area contributed by atoms with E-state index >= 15 is 0 Å². The molecule has 0 aliphatic heterocycles. The van der Waals surface area contributed by atoms with Crippen LogP contribution in [-0.2, 0) is 19.1 Å². The molecule has 0 unspecified atom stereocenters. The highest BCUT2D eigenvalue weighted by molar-refractivity contribution is 14.0. The average molecular weight is 546 g/mol. The molecule has 0 radical (unpaired) electrons. The van der Waals surface area contributed by atoms with Crippen LogP contribution in [0.15, 0.2) is 0 Å². The number of quaternary nitrogens is 2. The summed E-state index contributed by atoms with van der Waals surface area (Å²) in [7, 11) is 12.2. The monoisotopic (exact) mass is 546 g/mol. The fraction of sp³-hybridized carbons (Fsp3) is 0.857. The van der Waals surface area contributed by atoms with E-state index in [4.69, 9.17) is 9.47 Å². The van der Waals surface area contributed by atoms with Crippen molar-refractivity contribution in [3.05, 3.63) is 0 Å². The van der Waals surface area contributed by atoms with Crippen LogP contribution in [0.2, 0.25) is 0 Å². The van der Waals surface area contributed by atoms with Crippen LogP contribution in [0.3, 0.4) is 0 Å². The lowest BCUT2D eigenvalue weighted by Gasteiger charge is -2.23. The molecule has 134 valence electrons. The molecule has 0 heterocycles. The minimum atomic E-state index is -0.345. The van der Waals surface area contributed by atoms with E-state index in [-0.39, 0.29) is 72.7 Å². The predicted molar refractivity (Wildman–Crippen MR) is 108 cm³/mol. The van der Waals surface area contributed by atoms with Crippen molar-refractivity contribution >= 4 is 59.9 Å². The summed E-state index contributed by atoms with van der Waals surface area (Å²) in [4.78, 5) is 22.9. The van der Waals surface area contributed by atoms with Crippen LogP contribution in [0, 0.1) is 0 Å². The number of rotatable bonds is 9. The lowest BCUT2D eigenvalue weighted by atomic mass is 10.3. The lowest BCUT2D eigenvalue weighted by molar-refractivity contribution is -0.870. The maximum absolute atomic E-state index is 11.4. The second-order valence-corrected chi connectivity index (χ2v) is 6.97. The molecule has 0 aromatic carbocycles. The zero-order chi connectivity index (χ0) is 15.8. The van der Waals surface area contributed by atoms with Crippen LogP contribution in [0.1, 0.15) is 12.8 Å². The minimum Gasteiger partial charge on any atom is -0.460 e. The Bertz CT molecular complexity index is 294. The predicted octanol–water partition coefficient (Wildman–Crippen LogP) is 1.50. The van der Waals surface area contributed by atoms with Crippen LogP contribution in [0.4, 0.5) is 0 Å². The third-order valence-electron chi connectivity index (χ3n) is 2.58. The SMILES string of the molecule is C[N+](C)(C)CCOC(=O)CCC(=O)OCC[N+](C)(C)C.I.I. The first kappa shape index (κ1) is 27.2. The van der Waals surface area contributed by atoms with E-state index in [0.717, 1.165) is 22.1 Å². The summed E-state index contributed by atoms with van der Waals surface area (Å²) < 4.78 is 11.6. The number of hydrogen-bond acceptors (Lipinski definition) is 4. The molecule has 0 aromatic rings. The first-order valence-electron chi connectivity index (χ1n) is 6.92. The molecule has 0 fully saturated rings. The van der Waals surface area contributed by atoms with E-state index in [1.165, 1.54) is 0 Å². The molecular weight excluding hydrogens is 514 g/mol. The Morgan fingerprint density at radius 2 is 0.955 bits per heavy atom. The van der Waals surface area contributed by atoms with Gasteiger partial charge in [0.15, 0.2) is 0 Å². The second kappa shape index (κ2) is 12.7. The Balaban J connectivity index is -0.00000180. The summed E-state index contributed by atoms with van der Waals surface area (Å²) >= 11 is 0. The van der Waals surface area contributed by atoms with Gasteiger partial charge < -0.3 is 18.4 Å². The summed E-state index contributed by atoms with van der Waals surface area (Å²) in [5.41, 5.74) is 0. The zero-order valence-electron chi connectivity index (χ0n) is 14.6. The number of hydrogen-bond donors (Lipinski definition) is 0. The second-order valence-electron chi connectivity index (χ2n) is 6.97. The molecule has 0 bridgehead atoms. The lowest BCUT2D eigenvalue weighted by Crippen LogP contribution is -2.38. The summed E-state index contributed by atoms with van der Waals surface area (Å²) in [5.74, 6) is -0.691. The molecule has 0 saturated heterocycles.